The predicted molar refractivity (Wildman–Crippen MR) is 111 cm³/mol. The van der Waals surface area contributed by atoms with Crippen LogP contribution in [-0.4, -0.2) is 47.7 Å². The van der Waals surface area contributed by atoms with Gasteiger partial charge in [0.1, 0.15) is 5.82 Å². The predicted octanol–water partition coefficient (Wildman–Crippen LogP) is 3.53. The van der Waals surface area contributed by atoms with Crippen LogP contribution in [0.1, 0.15) is 11.4 Å². The van der Waals surface area contributed by atoms with Gasteiger partial charge in [-0.1, -0.05) is 24.3 Å². The van der Waals surface area contributed by atoms with E-state index < -0.39 is 0 Å². The summed E-state index contributed by atoms with van der Waals surface area (Å²) in [5.41, 5.74) is 3.36. The van der Waals surface area contributed by atoms with Gasteiger partial charge in [-0.05, 0) is 36.1 Å². The van der Waals surface area contributed by atoms with E-state index in [4.69, 9.17) is 0 Å². The molecule has 0 unspecified atom stereocenters. The zero-order chi connectivity index (χ0) is 18.4. The maximum Gasteiger partial charge on any atom is 0.193 e. The number of nitrogens with zero attached hydrogens (tertiary/aromatic N) is 3. The van der Waals surface area contributed by atoms with Crippen molar-refractivity contribution in [1.29, 1.82) is 0 Å². The van der Waals surface area contributed by atoms with Gasteiger partial charge < -0.3 is 15.2 Å². The lowest BCUT2D eigenvalue weighted by molar-refractivity contribution is 0.477. The highest BCUT2D eigenvalue weighted by Gasteiger charge is 2.07. The first-order valence-electron chi connectivity index (χ1n) is 8.68. The number of rotatable bonds is 6. The monoisotopic (exact) mass is 367 g/mol. The fraction of sp³-hybridized carbons (Fsp3) is 0.300. The number of guanidine groups is 1. The van der Waals surface area contributed by atoms with E-state index in [2.05, 4.69) is 62.7 Å². The van der Waals surface area contributed by atoms with E-state index in [-0.39, 0.29) is 0 Å². The maximum atomic E-state index is 4.61. The van der Waals surface area contributed by atoms with E-state index >= 15 is 0 Å². The topological polar surface area (TPSA) is 56.3 Å². The standard InChI is InChI=1S/C20H25N5S/c1-21-20(25(2)14-15-8-10-16(26-3)11-9-15)22-13-12-19-23-17-6-4-5-7-18(17)24-19/h4-11H,12-14H2,1-3H3,(H,21,22)(H,23,24). The van der Waals surface area contributed by atoms with Crippen LogP contribution >= 0.6 is 11.8 Å². The molecule has 0 fully saturated rings. The van der Waals surface area contributed by atoms with Gasteiger partial charge in [0, 0.05) is 38.5 Å². The highest BCUT2D eigenvalue weighted by Crippen LogP contribution is 2.15. The molecule has 0 aliphatic carbocycles. The Hall–Kier alpha value is -2.47. The number of fused-ring (bicyclic) bond motifs is 1. The van der Waals surface area contributed by atoms with Gasteiger partial charge in [0.2, 0.25) is 0 Å². The van der Waals surface area contributed by atoms with Crippen LogP contribution in [0.15, 0.2) is 58.4 Å². The summed E-state index contributed by atoms with van der Waals surface area (Å²) in [5, 5.41) is 3.42. The lowest BCUT2D eigenvalue weighted by Gasteiger charge is -2.22. The second-order valence-electron chi connectivity index (χ2n) is 6.13. The first-order valence-corrected chi connectivity index (χ1v) is 9.90. The number of thioether (sulfide) groups is 1. The van der Waals surface area contributed by atoms with Gasteiger partial charge in [0.25, 0.3) is 0 Å². The first-order chi connectivity index (χ1) is 12.7. The van der Waals surface area contributed by atoms with Crippen molar-refractivity contribution in [2.45, 2.75) is 17.9 Å². The number of aromatic nitrogens is 2. The number of aromatic amines is 1. The number of hydrogen-bond acceptors (Lipinski definition) is 3. The number of nitrogens with one attached hydrogen (secondary N) is 2. The van der Waals surface area contributed by atoms with Crippen molar-refractivity contribution in [3.63, 3.8) is 0 Å². The third kappa shape index (κ3) is 4.58. The molecule has 2 N–H and O–H groups in total. The average Bonchev–Trinajstić information content (AvgIpc) is 3.08. The summed E-state index contributed by atoms with van der Waals surface area (Å²) in [7, 11) is 3.87. The van der Waals surface area contributed by atoms with Crippen LogP contribution in [0.3, 0.4) is 0 Å². The highest BCUT2D eigenvalue weighted by molar-refractivity contribution is 7.98. The Kier molecular flexibility index (Phi) is 6.17. The molecular weight excluding hydrogens is 342 g/mol. The Morgan fingerprint density at radius 1 is 1.19 bits per heavy atom. The van der Waals surface area contributed by atoms with Crippen LogP contribution in [0.4, 0.5) is 0 Å². The third-order valence-corrected chi connectivity index (χ3v) is 4.98. The van der Waals surface area contributed by atoms with Crippen molar-refractivity contribution in [2.24, 2.45) is 4.99 Å². The van der Waals surface area contributed by atoms with Crippen LogP contribution in [0.25, 0.3) is 11.0 Å². The molecule has 0 radical (unpaired) electrons. The largest absolute Gasteiger partial charge is 0.356 e. The van der Waals surface area contributed by atoms with E-state index in [0.29, 0.717) is 0 Å². The van der Waals surface area contributed by atoms with Crippen LogP contribution in [0.5, 0.6) is 0 Å². The molecule has 6 heteroatoms. The third-order valence-electron chi connectivity index (χ3n) is 4.24. The van der Waals surface area contributed by atoms with Crippen molar-refractivity contribution in [2.75, 3.05) is 26.9 Å². The fourth-order valence-electron chi connectivity index (χ4n) is 2.88. The van der Waals surface area contributed by atoms with E-state index in [9.17, 15) is 0 Å². The molecule has 136 valence electrons. The molecular formula is C20H25N5S. The van der Waals surface area contributed by atoms with Gasteiger partial charge in [-0.15, -0.1) is 11.8 Å². The lowest BCUT2D eigenvalue weighted by atomic mass is 10.2. The van der Waals surface area contributed by atoms with Crippen molar-refractivity contribution in [3.05, 3.63) is 59.9 Å². The Bertz CT molecular complexity index is 836. The number of imidazole rings is 1. The van der Waals surface area contributed by atoms with Crippen LogP contribution in [0, 0.1) is 0 Å². The lowest BCUT2D eigenvalue weighted by Crippen LogP contribution is -2.39. The fourth-order valence-corrected chi connectivity index (χ4v) is 3.29. The van der Waals surface area contributed by atoms with Crippen molar-refractivity contribution in [1.82, 2.24) is 20.2 Å². The second-order valence-corrected chi connectivity index (χ2v) is 7.01. The molecule has 5 nitrogen and oxygen atoms in total. The Balaban J connectivity index is 1.53. The minimum atomic E-state index is 0.780. The number of benzene rings is 2. The summed E-state index contributed by atoms with van der Waals surface area (Å²) in [4.78, 5) is 15.8. The molecule has 0 bridgehead atoms. The number of H-pyrrole nitrogens is 1. The Morgan fingerprint density at radius 3 is 2.65 bits per heavy atom. The summed E-state index contributed by atoms with van der Waals surface area (Å²) in [5.74, 6) is 1.87. The molecule has 1 heterocycles. The highest BCUT2D eigenvalue weighted by atomic mass is 32.2. The van der Waals surface area contributed by atoms with Gasteiger partial charge in [-0.3, -0.25) is 4.99 Å². The van der Waals surface area contributed by atoms with Crippen LogP contribution < -0.4 is 5.32 Å². The molecule has 0 spiro atoms. The molecule has 0 saturated heterocycles. The van der Waals surface area contributed by atoms with Crippen molar-refractivity contribution < 1.29 is 0 Å². The SMILES string of the molecule is CN=C(NCCc1nc2ccccc2[nH]1)N(C)Cc1ccc(SC)cc1. The summed E-state index contributed by atoms with van der Waals surface area (Å²) in [6.07, 6.45) is 2.92. The number of para-hydroxylation sites is 2. The minimum absolute atomic E-state index is 0.780. The number of aliphatic imine (C=N–C) groups is 1. The van der Waals surface area contributed by atoms with Crippen LogP contribution in [-0.2, 0) is 13.0 Å². The maximum absolute atomic E-state index is 4.61. The van der Waals surface area contributed by atoms with Gasteiger partial charge in [-0.25, -0.2) is 4.98 Å². The zero-order valence-electron chi connectivity index (χ0n) is 15.5. The van der Waals surface area contributed by atoms with Gasteiger partial charge >= 0.3 is 0 Å². The average molecular weight is 368 g/mol. The van der Waals surface area contributed by atoms with E-state index in [0.717, 1.165) is 42.3 Å². The van der Waals surface area contributed by atoms with Gasteiger partial charge in [0.15, 0.2) is 5.96 Å². The summed E-state index contributed by atoms with van der Waals surface area (Å²) >= 11 is 1.76. The molecule has 0 atom stereocenters. The smallest absolute Gasteiger partial charge is 0.193 e. The molecule has 3 rings (SSSR count). The molecule has 1 aromatic heterocycles. The van der Waals surface area contributed by atoms with Crippen molar-refractivity contribution in [3.8, 4) is 0 Å². The summed E-state index contributed by atoms with van der Waals surface area (Å²) < 4.78 is 0. The zero-order valence-corrected chi connectivity index (χ0v) is 16.3. The number of hydrogen-bond donors (Lipinski definition) is 2. The van der Waals surface area contributed by atoms with Crippen molar-refractivity contribution >= 4 is 28.8 Å². The summed E-state index contributed by atoms with van der Waals surface area (Å²) in [6, 6.07) is 16.8. The quantitative estimate of drug-likeness (QED) is 0.397. The molecule has 0 amide bonds. The molecule has 0 aliphatic rings. The molecule has 3 aromatic rings. The minimum Gasteiger partial charge on any atom is -0.356 e. The van der Waals surface area contributed by atoms with Gasteiger partial charge in [-0.2, -0.15) is 0 Å². The second kappa shape index (κ2) is 8.76. The Morgan fingerprint density at radius 2 is 1.96 bits per heavy atom. The molecule has 0 aliphatic heterocycles. The van der Waals surface area contributed by atoms with E-state index in [1.54, 1.807) is 11.8 Å². The van der Waals surface area contributed by atoms with E-state index in [1.165, 1.54) is 10.5 Å². The molecule has 26 heavy (non-hydrogen) atoms. The first kappa shape index (κ1) is 18.3. The van der Waals surface area contributed by atoms with Gasteiger partial charge in [0.05, 0.1) is 11.0 Å². The Labute approximate surface area is 158 Å². The van der Waals surface area contributed by atoms with E-state index in [1.807, 2.05) is 31.3 Å². The molecule has 2 aromatic carbocycles. The normalized spacial score (nSPS) is 11.7. The van der Waals surface area contributed by atoms with Crippen LogP contribution in [0.2, 0.25) is 0 Å². The summed E-state index contributed by atoms with van der Waals surface area (Å²) in [6.45, 7) is 1.60. The molecule has 0 saturated carbocycles.